The number of hydrogen-bond donors (Lipinski definition) is 0. The predicted octanol–water partition coefficient (Wildman–Crippen LogP) is 4.78. The van der Waals surface area contributed by atoms with Gasteiger partial charge in [-0.2, -0.15) is 0 Å². The Balaban J connectivity index is 1.59. The zero-order valence-electron chi connectivity index (χ0n) is 20.2. The van der Waals surface area contributed by atoms with E-state index in [0.29, 0.717) is 51.2 Å². The lowest BCUT2D eigenvalue weighted by molar-refractivity contribution is -0.135. The summed E-state index contributed by atoms with van der Waals surface area (Å²) in [6.07, 6.45) is 1.72. The van der Waals surface area contributed by atoms with Gasteiger partial charge in [-0.05, 0) is 42.0 Å². The van der Waals surface area contributed by atoms with E-state index in [-0.39, 0.29) is 29.9 Å². The fourth-order valence-corrected chi connectivity index (χ4v) is 4.53. The molecule has 0 saturated carbocycles. The first-order chi connectivity index (χ1) is 17.5. The van der Waals surface area contributed by atoms with E-state index in [9.17, 15) is 9.59 Å². The number of carbonyl (C=O) groups excluding carboxylic acids is 2. The van der Waals surface area contributed by atoms with Crippen LogP contribution in [0.2, 0.25) is 0 Å². The summed E-state index contributed by atoms with van der Waals surface area (Å²) in [4.78, 5) is 25.7. The molecular formula is C28H24O8. The second kappa shape index (κ2) is 9.30. The van der Waals surface area contributed by atoms with E-state index >= 15 is 0 Å². The summed E-state index contributed by atoms with van der Waals surface area (Å²) in [5, 5.41) is 0. The van der Waals surface area contributed by atoms with E-state index in [2.05, 4.69) is 0 Å². The maximum atomic E-state index is 13.3. The highest BCUT2D eigenvalue weighted by Crippen LogP contribution is 2.49. The molecule has 0 radical (unpaired) electrons. The van der Waals surface area contributed by atoms with E-state index in [4.69, 9.17) is 28.4 Å². The summed E-state index contributed by atoms with van der Waals surface area (Å²) in [5.41, 5.74) is 2.53. The van der Waals surface area contributed by atoms with E-state index in [1.165, 1.54) is 21.3 Å². The maximum absolute atomic E-state index is 13.3. The van der Waals surface area contributed by atoms with Crippen LogP contribution in [-0.2, 0) is 4.79 Å². The van der Waals surface area contributed by atoms with Gasteiger partial charge in [-0.15, -0.1) is 0 Å². The Hall–Kier alpha value is -4.46. The van der Waals surface area contributed by atoms with E-state index in [0.717, 1.165) is 5.56 Å². The average Bonchev–Trinajstić information content (AvgIpc) is 3.22. The molecular weight excluding hydrogens is 464 g/mol. The summed E-state index contributed by atoms with van der Waals surface area (Å²) in [7, 11) is 6.18. The van der Waals surface area contributed by atoms with Crippen LogP contribution >= 0.6 is 0 Å². The molecule has 1 atom stereocenters. The van der Waals surface area contributed by atoms with Gasteiger partial charge in [-0.3, -0.25) is 9.59 Å². The number of ether oxygens (including phenoxy) is 6. The molecule has 0 saturated heterocycles. The van der Waals surface area contributed by atoms with Crippen LogP contribution in [0.3, 0.4) is 0 Å². The van der Waals surface area contributed by atoms with Crippen LogP contribution in [0, 0.1) is 0 Å². The van der Waals surface area contributed by atoms with Crippen LogP contribution in [0.25, 0.3) is 6.08 Å². The number of benzene rings is 3. The quantitative estimate of drug-likeness (QED) is 0.278. The van der Waals surface area contributed by atoms with Crippen LogP contribution in [0.1, 0.15) is 39.4 Å². The lowest BCUT2D eigenvalue weighted by Crippen LogP contribution is -2.21. The molecule has 0 amide bonds. The smallest absolute Gasteiger partial charge is 0.312 e. The van der Waals surface area contributed by atoms with Crippen molar-refractivity contribution < 1.29 is 38.0 Å². The van der Waals surface area contributed by atoms with Crippen LogP contribution < -0.4 is 28.4 Å². The molecule has 8 heteroatoms. The Kier molecular flexibility index (Phi) is 6.01. The average molecular weight is 488 g/mol. The molecule has 36 heavy (non-hydrogen) atoms. The molecule has 0 fully saturated rings. The number of rotatable bonds is 6. The number of allylic oxidation sites excluding steroid dienone is 1. The van der Waals surface area contributed by atoms with Crippen molar-refractivity contribution in [1.82, 2.24) is 0 Å². The molecule has 184 valence electrons. The second-order valence-electron chi connectivity index (χ2n) is 8.25. The molecule has 0 unspecified atom stereocenters. The highest BCUT2D eigenvalue weighted by Gasteiger charge is 2.38. The molecule has 5 rings (SSSR count). The third-order valence-electron chi connectivity index (χ3n) is 6.32. The fourth-order valence-electron chi connectivity index (χ4n) is 4.53. The molecule has 0 spiro atoms. The Morgan fingerprint density at radius 2 is 1.50 bits per heavy atom. The van der Waals surface area contributed by atoms with Gasteiger partial charge < -0.3 is 28.4 Å². The minimum Gasteiger partial charge on any atom is -0.497 e. The first kappa shape index (κ1) is 23.3. The van der Waals surface area contributed by atoms with Crippen molar-refractivity contribution in [3.8, 4) is 34.5 Å². The van der Waals surface area contributed by atoms with Crippen molar-refractivity contribution >= 4 is 17.8 Å². The molecule has 3 aromatic carbocycles. The normalized spacial score (nSPS) is 17.1. The van der Waals surface area contributed by atoms with Gasteiger partial charge in [0.2, 0.25) is 5.78 Å². The van der Waals surface area contributed by atoms with Gasteiger partial charge >= 0.3 is 5.97 Å². The third kappa shape index (κ3) is 3.90. The van der Waals surface area contributed by atoms with E-state index in [1.807, 2.05) is 24.3 Å². The predicted molar refractivity (Wildman–Crippen MR) is 131 cm³/mol. The third-order valence-corrected chi connectivity index (χ3v) is 6.32. The summed E-state index contributed by atoms with van der Waals surface area (Å²) >= 11 is 0. The number of methoxy groups -OCH3 is 4. The maximum Gasteiger partial charge on any atom is 0.312 e. The van der Waals surface area contributed by atoms with Gasteiger partial charge in [-0.25, -0.2) is 0 Å². The topological polar surface area (TPSA) is 89.5 Å². The molecule has 0 aromatic heterocycles. The van der Waals surface area contributed by atoms with Gasteiger partial charge in [0.15, 0.2) is 17.3 Å². The molecule has 0 aliphatic carbocycles. The Labute approximate surface area is 207 Å². The zero-order valence-corrected chi connectivity index (χ0v) is 20.2. The van der Waals surface area contributed by atoms with E-state index in [1.54, 1.807) is 37.5 Å². The standard InChI is InChI=1S/C28H24O8/c1-31-17-7-5-15(6-8-17)19-13-25(29)35-20-10-9-18-27(30)24(36-28(18)26(19)20)12-16-11-22(33-3)23(34-4)14-21(16)32-2/h5-12,14,19H,13H2,1-4H3/b24-12+/t19-/m1/s1. The second-order valence-corrected chi connectivity index (χ2v) is 8.25. The SMILES string of the molecule is COc1ccc([C@H]2CC(=O)Oc3ccc4c(c32)O/C(=C/c2cc(OC)c(OC)cc2OC)C4=O)cc1. The molecule has 2 heterocycles. The molecule has 8 nitrogen and oxygen atoms in total. The number of hydrogen-bond acceptors (Lipinski definition) is 8. The van der Waals surface area contributed by atoms with Crippen molar-refractivity contribution in [2.45, 2.75) is 12.3 Å². The molecule has 0 bridgehead atoms. The largest absolute Gasteiger partial charge is 0.497 e. The number of Topliss-reactive ketones (excluding diaryl/α,β-unsaturated/α-hetero) is 1. The lowest BCUT2D eigenvalue weighted by Gasteiger charge is -2.26. The number of esters is 1. The number of ketones is 1. The highest BCUT2D eigenvalue weighted by atomic mass is 16.5. The van der Waals surface area contributed by atoms with Crippen LogP contribution in [0.5, 0.6) is 34.5 Å². The van der Waals surface area contributed by atoms with Gasteiger partial charge in [0.1, 0.15) is 23.0 Å². The fraction of sp³-hybridized carbons (Fsp3) is 0.214. The van der Waals surface area contributed by atoms with Gasteiger partial charge in [0.25, 0.3) is 0 Å². The minimum absolute atomic E-state index is 0.120. The summed E-state index contributed by atoms with van der Waals surface area (Å²) in [5.74, 6) is 2.08. The number of carbonyl (C=O) groups is 2. The monoisotopic (exact) mass is 488 g/mol. The van der Waals surface area contributed by atoms with Gasteiger partial charge in [0.05, 0.1) is 40.4 Å². The summed E-state index contributed by atoms with van der Waals surface area (Å²) in [6, 6.07) is 14.1. The lowest BCUT2D eigenvalue weighted by atomic mass is 9.84. The Morgan fingerprint density at radius 3 is 2.17 bits per heavy atom. The Bertz CT molecular complexity index is 1390. The van der Waals surface area contributed by atoms with Crippen molar-refractivity contribution in [3.05, 3.63) is 76.5 Å². The summed E-state index contributed by atoms with van der Waals surface area (Å²) in [6.45, 7) is 0. The van der Waals surface area contributed by atoms with Crippen LogP contribution in [-0.4, -0.2) is 40.2 Å². The first-order valence-corrected chi connectivity index (χ1v) is 11.2. The zero-order chi connectivity index (χ0) is 25.4. The highest BCUT2D eigenvalue weighted by molar-refractivity contribution is 6.15. The molecule has 3 aromatic rings. The Morgan fingerprint density at radius 1 is 0.806 bits per heavy atom. The molecule has 2 aliphatic heterocycles. The minimum atomic E-state index is -0.349. The summed E-state index contributed by atoms with van der Waals surface area (Å²) < 4.78 is 33.2. The molecule has 2 aliphatic rings. The van der Waals surface area contributed by atoms with Crippen molar-refractivity contribution in [2.24, 2.45) is 0 Å². The van der Waals surface area contributed by atoms with E-state index < -0.39 is 0 Å². The van der Waals surface area contributed by atoms with Crippen LogP contribution in [0.4, 0.5) is 0 Å². The number of fused-ring (bicyclic) bond motifs is 3. The van der Waals surface area contributed by atoms with Crippen LogP contribution in [0.15, 0.2) is 54.3 Å². The van der Waals surface area contributed by atoms with Gasteiger partial charge in [0, 0.05) is 23.1 Å². The van der Waals surface area contributed by atoms with Crippen molar-refractivity contribution in [1.29, 1.82) is 0 Å². The molecule has 0 N–H and O–H groups in total. The first-order valence-electron chi connectivity index (χ1n) is 11.2. The van der Waals surface area contributed by atoms with Crippen molar-refractivity contribution in [2.75, 3.05) is 28.4 Å². The van der Waals surface area contributed by atoms with Gasteiger partial charge in [-0.1, -0.05) is 12.1 Å². The van der Waals surface area contributed by atoms with Crippen molar-refractivity contribution in [3.63, 3.8) is 0 Å².